The lowest BCUT2D eigenvalue weighted by Gasteiger charge is -2.46. The molecular weight excluding hydrogens is 492 g/mol. The molecular formula is C30H54N6O3. The maximum absolute atomic E-state index is 6.46. The molecule has 4 heterocycles. The summed E-state index contributed by atoms with van der Waals surface area (Å²) in [5.41, 5.74) is -0.353. The van der Waals surface area contributed by atoms with E-state index in [0.29, 0.717) is 0 Å². The summed E-state index contributed by atoms with van der Waals surface area (Å²) in [7, 11) is 0. The quantitative estimate of drug-likeness (QED) is 0.458. The first-order chi connectivity index (χ1) is 17.6. The summed E-state index contributed by atoms with van der Waals surface area (Å²) < 4.78 is 19.4. The van der Waals surface area contributed by atoms with Crippen molar-refractivity contribution in [3.63, 3.8) is 0 Å². The molecule has 0 aromatic carbocycles. The molecule has 1 aromatic heterocycles. The maximum atomic E-state index is 6.46. The van der Waals surface area contributed by atoms with Gasteiger partial charge in [0, 0.05) is 71.8 Å². The lowest BCUT2D eigenvalue weighted by atomic mass is 9.81. The van der Waals surface area contributed by atoms with Crippen LogP contribution < -0.4 is 30.2 Å². The highest BCUT2D eigenvalue weighted by molar-refractivity contribution is 5.13. The highest BCUT2D eigenvalue weighted by Crippen LogP contribution is 2.35. The fourth-order valence-corrected chi connectivity index (χ4v) is 7.86. The average Bonchev–Trinajstić information content (AvgIpc) is 2.59. The van der Waals surface area contributed by atoms with Crippen molar-refractivity contribution in [2.75, 3.05) is 0 Å². The number of aromatic nitrogens is 3. The molecule has 39 heavy (non-hydrogen) atoms. The summed E-state index contributed by atoms with van der Waals surface area (Å²) in [6, 6.07) is 0.815. The number of hydrogen-bond acceptors (Lipinski definition) is 9. The van der Waals surface area contributed by atoms with Crippen LogP contribution in [0.5, 0.6) is 18.0 Å². The zero-order valence-corrected chi connectivity index (χ0v) is 26.5. The number of rotatable bonds is 6. The van der Waals surface area contributed by atoms with Gasteiger partial charge < -0.3 is 30.2 Å². The Balaban J connectivity index is 1.60. The first-order valence-corrected chi connectivity index (χ1v) is 14.7. The smallest absolute Gasteiger partial charge is 0.326 e. The standard InChI is InChI=1S/C30H54N6O3/c1-25(2)13-19(14-26(3,4)34-25)37-22-31-23(38-20-15-27(5,6)35-28(7,8)16-20)33-24(32-22)39-21-17-29(9,10)36-30(11,12)18-21/h19-21,34-36H,13-18H2,1-12H3. The second kappa shape index (κ2) is 9.98. The Hall–Kier alpha value is -1.71. The Labute approximate surface area is 236 Å². The maximum Gasteiger partial charge on any atom is 0.326 e. The number of piperidine rings is 3. The molecule has 1 aromatic rings. The lowest BCUT2D eigenvalue weighted by Crippen LogP contribution is -2.60. The van der Waals surface area contributed by atoms with Crippen LogP contribution in [0, 0.1) is 0 Å². The van der Waals surface area contributed by atoms with E-state index in [0.717, 1.165) is 38.5 Å². The molecule has 0 amide bonds. The molecule has 0 aliphatic carbocycles. The van der Waals surface area contributed by atoms with Crippen LogP contribution in [0.25, 0.3) is 0 Å². The van der Waals surface area contributed by atoms with Crippen molar-refractivity contribution in [2.24, 2.45) is 0 Å². The zero-order valence-electron chi connectivity index (χ0n) is 26.5. The van der Waals surface area contributed by atoms with Crippen LogP contribution in [-0.2, 0) is 0 Å². The highest BCUT2D eigenvalue weighted by Gasteiger charge is 2.42. The Morgan fingerprint density at radius 3 is 0.769 bits per heavy atom. The Morgan fingerprint density at radius 1 is 0.410 bits per heavy atom. The van der Waals surface area contributed by atoms with Gasteiger partial charge >= 0.3 is 18.0 Å². The predicted molar refractivity (Wildman–Crippen MR) is 155 cm³/mol. The Bertz CT molecular complexity index is 847. The van der Waals surface area contributed by atoms with E-state index in [9.17, 15) is 0 Å². The molecule has 0 unspecified atom stereocenters. The van der Waals surface area contributed by atoms with Crippen LogP contribution in [-0.4, -0.2) is 66.5 Å². The van der Waals surface area contributed by atoms with Crippen molar-refractivity contribution in [2.45, 2.75) is 173 Å². The molecule has 3 fully saturated rings. The van der Waals surface area contributed by atoms with Crippen molar-refractivity contribution < 1.29 is 14.2 Å². The molecule has 222 valence electrons. The van der Waals surface area contributed by atoms with Gasteiger partial charge in [-0.05, 0) is 83.1 Å². The van der Waals surface area contributed by atoms with Gasteiger partial charge in [0.2, 0.25) is 0 Å². The molecule has 0 atom stereocenters. The van der Waals surface area contributed by atoms with Gasteiger partial charge in [0.1, 0.15) is 18.3 Å². The summed E-state index contributed by atoms with van der Waals surface area (Å²) in [6.45, 7) is 26.5. The Morgan fingerprint density at radius 2 is 0.590 bits per heavy atom. The summed E-state index contributed by atoms with van der Waals surface area (Å²) in [4.78, 5) is 14.0. The summed E-state index contributed by atoms with van der Waals surface area (Å²) in [6.07, 6.45) is 4.99. The Kier molecular flexibility index (Phi) is 7.74. The van der Waals surface area contributed by atoms with E-state index in [4.69, 9.17) is 14.2 Å². The molecule has 4 rings (SSSR count). The van der Waals surface area contributed by atoms with E-state index in [1.54, 1.807) is 0 Å². The number of hydrogen-bond donors (Lipinski definition) is 3. The molecule has 0 saturated carbocycles. The summed E-state index contributed by atoms with van der Waals surface area (Å²) in [5, 5.41) is 11.1. The van der Waals surface area contributed by atoms with Crippen molar-refractivity contribution in [3.05, 3.63) is 0 Å². The van der Waals surface area contributed by atoms with E-state index in [-0.39, 0.29) is 69.6 Å². The van der Waals surface area contributed by atoms with Gasteiger partial charge in [0.15, 0.2) is 0 Å². The van der Waals surface area contributed by atoms with Gasteiger partial charge in [0.25, 0.3) is 0 Å². The first-order valence-electron chi connectivity index (χ1n) is 14.7. The second-order valence-corrected chi connectivity index (χ2v) is 16.3. The minimum Gasteiger partial charge on any atom is -0.460 e. The van der Waals surface area contributed by atoms with Gasteiger partial charge in [-0.3, -0.25) is 0 Å². The molecule has 0 spiro atoms. The largest absolute Gasteiger partial charge is 0.460 e. The van der Waals surface area contributed by atoms with Gasteiger partial charge in [0.05, 0.1) is 0 Å². The fourth-order valence-electron chi connectivity index (χ4n) is 7.86. The molecule has 3 saturated heterocycles. The average molecular weight is 547 g/mol. The molecule has 0 bridgehead atoms. The number of ether oxygens (including phenoxy) is 3. The molecule has 3 aliphatic rings. The van der Waals surface area contributed by atoms with Crippen LogP contribution in [0.3, 0.4) is 0 Å². The third kappa shape index (κ3) is 8.64. The van der Waals surface area contributed by atoms with Crippen molar-refractivity contribution in [3.8, 4) is 18.0 Å². The van der Waals surface area contributed by atoms with Crippen LogP contribution >= 0.6 is 0 Å². The fraction of sp³-hybridized carbons (Fsp3) is 0.900. The minimum absolute atomic E-state index is 0.0344. The normalized spacial score (nSPS) is 28.0. The molecule has 3 aliphatic heterocycles. The zero-order chi connectivity index (χ0) is 29.1. The lowest BCUT2D eigenvalue weighted by molar-refractivity contribution is 0.0329. The molecule has 9 nitrogen and oxygen atoms in total. The van der Waals surface area contributed by atoms with Crippen molar-refractivity contribution in [1.82, 2.24) is 30.9 Å². The molecule has 9 heteroatoms. The third-order valence-corrected chi connectivity index (χ3v) is 7.85. The van der Waals surface area contributed by atoms with E-state index < -0.39 is 0 Å². The first kappa shape index (κ1) is 30.3. The van der Waals surface area contributed by atoms with Gasteiger partial charge in [-0.25, -0.2) is 0 Å². The number of nitrogens with zero attached hydrogens (tertiary/aromatic N) is 3. The monoisotopic (exact) mass is 546 g/mol. The van der Waals surface area contributed by atoms with E-state index in [1.807, 2.05) is 0 Å². The SMILES string of the molecule is CC1(C)CC(Oc2nc(OC3CC(C)(C)NC(C)(C)C3)nc(OC3CC(C)(C)NC(C)(C)C3)n2)CC(C)(C)N1. The third-order valence-electron chi connectivity index (χ3n) is 7.85. The summed E-state index contributed by atoms with van der Waals surface area (Å²) >= 11 is 0. The second-order valence-electron chi connectivity index (χ2n) is 16.3. The van der Waals surface area contributed by atoms with Crippen LogP contribution in [0.4, 0.5) is 0 Å². The van der Waals surface area contributed by atoms with E-state index in [1.165, 1.54) is 0 Å². The number of nitrogens with one attached hydrogen (secondary N) is 3. The molecule has 0 radical (unpaired) electrons. The van der Waals surface area contributed by atoms with Crippen LogP contribution in [0.15, 0.2) is 0 Å². The van der Waals surface area contributed by atoms with Crippen molar-refractivity contribution >= 4 is 0 Å². The minimum atomic E-state index is -0.0589. The van der Waals surface area contributed by atoms with Gasteiger partial charge in [-0.2, -0.15) is 0 Å². The topological polar surface area (TPSA) is 102 Å². The van der Waals surface area contributed by atoms with Crippen LogP contribution in [0.1, 0.15) is 122 Å². The van der Waals surface area contributed by atoms with Gasteiger partial charge in [-0.1, -0.05) is 0 Å². The van der Waals surface area contributed by atoms with E-state index >= 15 is 0 Å². The molecule has 3 N–H and O–H groups in total. The highest BCUT2D eigenvalue weighted by atomic mass is 16.5. The predicted octanol–water partition coefficient (Wildman–Crippen LogP) is 4.94. The van der Waals surface area contributed by atoms with Crippen LogP contribution in [0.2, 0.25) is 0 Å². The van der Waals surface area contributed by atoms with Crippen molar-refractivity contribution in [1.29, 1.82) is 0 Å². The van der Waals surface area contributed by atoms with E-state index in [2.05, 4.69) is 114 Å². The van der Waals surface area contributed by atoms with Gasteiger partial charge in [-0.15, -0.1) is 15.0 Å². The summed E-state index contributed by atoms with van der Waals surface area (Å²) in [5.74, 6) is 0.